The van der Waals surface area contributed by atoms with E-state index < -0.39 is 28.7 Å². The van der Waals surface area contributed by atoms with Gasteiger partial charge in [0.2, 0.25) is 5.91 Å². The normalized spacial score (nSPS) is 15.3. The Kier molecular flexibility index (Phi) is 7.08. The number of ether oxygens (including phenoxy) is 2. The highest BCUT2D eigenvalue weighted by atomic mass is 16.6. The van der Waals surface area contributed by atoms with Crippen molar-refractivity contribution in [2.75, 3.05) is 13.2 Å². The summed E-state index contributed by atoms with van der Waals surface area (Å²) in [6.45, 7) is 15.0. The molecule has 1 aliphatic rings. The summed E-state index contributed by atoms with van der Waals surface area (Å²) in [6.07, 6.45) is -0.606. The number of amides is 2. The van der Waals surface area contributed by atoms with Gasteiger partial charge < -0.3 is 14.4 Å². The molecule has 31 heavy (non-hydrogen) atoms. The van der Waals surface area contributed by atoms with Crippen LogP contribution in [0, 0.1) is 0 Å². The van der Waals surface area contributed by atoms with Crippen LogP contribution in [0.25, 0.3) is 0 Å². The maximum absolute atomic E-state index is 13.4. The Morgan fingerprint density at radius 2 is 1.71 bits per heavy atom. The van der Waals surface area contributed by atoms with Gasteiger partial charge in [-0.3, -0.25) is 14.5 Å². The molecule has 0 unspecified atom stereocenters. The Balaban J connectivity index is 2.25. The lowest BCUT2D eigenvalue weighted by Gasteiger charge is -2.40. The van der Waals surface area contributed by atoms with Crippen molar-refractivity contribution in [3.63, 3.8) is 0 Å². The Hall–Kier alpha value is -2.57. The molecule has 1 aromatic carbocycles. The Bertz CT molecular complexity index is 839. The second kappa shape index (κ2) is 8.89. The first kappa shape index (κ1) is 24.7. The van der Waals surface area contributed by atoms with E-state index >= 15 is 0 Å². The lowest BCUT2D eigenvalue weighted by Crippen LogP contribution is -2.54. The molecule has 2 rings (SSSR count). The molecule has 1 aromatic rings. The Labute approximate surface area is 185 Å². The monoisotopic (exact) mass is 432 g/mol. The predicted molar refractivity (Wildman–Crippen MR) is 118 cm³/mol. The molecule has 7 heteroatoms. The highest BCUT2D eigenvalue weighted by Crippen LogP contribution is 2.39. The molecule has 172 valence electrons. The lowest BCUT2D eigenvalue weighted by atomic mass is 9.92. The summed E-state index contributed by atoms with van der Waals surface area (Å²) in [4.78, 5) is 41.6. The van der Waals surface area contributed by atoms with Gasteiger partial charge in [0.05, 0.1) is 17.7 Å². The molecule has 0 aliphatic carbocycles. The van der Waals surface area contributed by atoms with E-state index in [4.69, 9.17) is 9.47 Å². The number of rotatable bonds is 6. The fraction of sp³-hybridized carbons (Fsp3) is 0.625. The van der Waals surface area contributed by atoms with Crippen LogP contribution in [-0.2, 0) is 31.1 Å². The number of benzene rings is 1. The molecular weight excluding hydrogens is 396 g/mol. The van der Waals surface area contributed by atoms with Gasteiger partial charge >= 0.3 is 12.1 Å². The number of hydrogen-bond acceptors (Lipinski definition) is 5. The van der Waals surface area contributed by atoms with Crippen molar-refractivity contribution in [2.24, 2.45) is 0 Å². The van der Waals surface area contributed by atoms with Gasteiger partial charge in [0.1, 0.15) is 12.1 Å². The van der Waals surface area contributed by atoms with Gasteiger partial charge in [-0.05, 0) is 66.5 Å². The van der Waals surface area contributed by atoms with E-state index in [2.05, 4.69) is 0 Å². The van der Waals surface area contributed by atoms with Crippen molar-refractivity contribution in [3.05, 3.63) is 35.4 Å². The molecule has 0 N–H and O–H groups in total. The molecule has 7 nitrogen and oxygen atoms in total. The van der Waals surface area contributed by atoms with E-state index in [1.54, 1.807) is 41.5 Å². The van der Waals surface area contributed by atoms with Crippen LogP contribution < -0.4 is 0 Å². The van der Waals surface area contributed by atoms with E-state index in [0.29, 0.717) is 6.54 Å². The minimum absolute atomic E-state index is 0.0447. The van der Waals surface area contributed by atoms with Crippen LogP contribution in [0.15, 0.2) is 24.3 Å². The SMILES string of the molecule is CCOC(=O)CN(C(=O)OC(C)(C)C)C(C)(C)CC(=O)N1Cc2ccccc2C1(C)C. The summed E-state index contributed by atoms with van der Waals surface area (Å²) in [6, 6.07) is 8.02. The summed E-state index contributed by atoms with van der Waals surface area (Å²) in [7, 11) is 0. The number of fused-ring (bicyclic) bond motifs is 1. The number of carbonyl (C=O) groups is 3. The van der Waals surface area contributed by atoms with Crippen LogP contribution in [0.3, 0.4) is 0 Å². The number of carbonyl (C=O) groups excluding carboxylic acids is 3. The quantitative estimate of drug-likeness (QED) is 0.629. The standard InChI is InChI=1S/C24H36N2O5/c1-9-30-20(28)16-26(21(29)31-22(2,3)4)23(5,6)14-19(27)25-15-17-12-10-11-13-18(17)24(25,7)8/h10-13H,9,14-16H2,1-8H3. The van der Waals surface area contributed by atoms with E-state index in [1.807, 2.05) is 43.0 Å². The second-order valence-electron chi connectivity index (χ2n) is 10.1. The zero-order valence-corrected chi connectivity index (χ0v) is 20.1. The van der Waals surface area contributed by atoms with Crippen LogP contribution in [0.4, 0.5) is 4.79 Å². The van der Waals surface area contributed by atoms with Crippen molar-refractivity contribution in [2.45, 2.75) is 85.0 Å². The number of esters is 1. The van der Waals surface area contributed by atoms with Crippen LogP contribution in [-0.4, -0.2) is 52.1 Å². The summed E-state index contributed by atoms with van der Waals surface area (Å²) in [5.41, 5.74) is 0.0901. The average Bonchev–Trinajstić information content (AvgIpc) is 2.89. The van der Waals surface area contributed by atoms with Gasteiger partial charge in [-0.1, -0.05) is 24.3 Å². The third kappa shape index (κ3) is 5.77. The summed E-state index contributed by atoms with van der Waals surface area (Å²) in [5, 5.41) is 0. The first-order valence-corrected chi connectivity index (χ1v) is 10.7. The first-order chi connectivity index (χ1) is 14.2. The number of nitrogens with zero attached hydrogens (tertiary/aromatic N) is 2. The van der Waals surface area contributed by atoms with E-state index in [-0.39, 0.29) is 25.5 Å². The fourth-order valence-corrected chi connectivity index (χ4v) is 3.91. The maximum atomic E-state index is 13.4. The third-order valence-electron chi connectivity index (χ3n) is 5.50. The predicted octanol–water partition coefficient (Wildman–Crippen LogP) is 4.23. The van der Waals surface area contributed by atoms with Gasteiger partial charge in [0.15, 0.2) is 0 Å². The van der Waals surface area contributed by atoms with Crippen LogP contribution in [0.2, 0.25) is 0 Å². The summed E-state index contributed by atoms with van der Waals surface area (Å²) < 4.78 is 10.6. The van der Waals surface area contributed by atoms with Crippen molar-refractivity contribution in [3.8, 4) is 0 Å². The molecule has 0 radical (unpaired) electrons. The topological polar surface area (TPSA) is 76.1 Å². The second-order valence-corrected chi connectivity index (χ2v) is 10.1. The average molecular weight is 433 g/mol. The van der Waals surface area contributed by atoms with Crippen molar-refractivity contribution in [1.82, 2.24) is 9.80 Å². The molecule has 0 aromatic heterocycles. The smallest absolute Gasteiger partial charge is 0.411 e. The van der Waals surface area contributed by atoms with E-state index in [1.165, 1.54) is 4.90 Å². The van der Waals surface area contributed by atoms with Gasteiger partial charge in [-0.2, -0.15) is 0 Å². The molecule has 0 saturated carbocycles. The molecule has 2 amide bonds. The van der Waals surface area contributed by atoms with Crippen molar-refractivity contribution >= 4 is 18.0 Å². The van der Waals surface area contributed by atoms with Gasteiger partial charge in [0, 0.05) is 13.0 Å². The molecule has 0 saturated heterocycles. The largest absolute Gasteiger partial charge is 0.465 e. The minimum atomic E-state index is -0.961. The third-order valence-corrected chi connectivity index (χ3v) is 5.50. The highest BCUT2D eigenvalue weighted by molar-refractivity contribution is 5.82. The lowest BCUT2D eigenvalue weighted by molar-refractivity contribution is -0.148. The van der Waals surface area contributed by atoms with Crippen molar-refractivity contribution in [1.29, 1.82) is 0 Å². The molecule has 0 atom stereocenters. The van der Waals surface area contributed by atoms with Gasteiger partial charge in [-0.25, -0.2) is 4.79 Å². The molecule has 0 bridgehead atoms. The minimum Gasteiger partial charge on any atom is -0.465 e. The molecule has 0 fully saturated rings. The maximum Gasteiger partial charge on any atom is 0.411 e. The molecule has 0 spiro atoms. The summed E-state index contributed by atoms with van der Waals surface area (Å²) in [5.74, 6) is -0.633. The van der Waals surface area contributed by atoms with Crippen LogP contribution >= 0.6 is 0 Å². The fourth-order valence-electron chi connectivity index (χ4n) is 3.91. The van der Waals surface area contributed by atoms with E-state index in [9.17, 15) is 14.4 Å². The van der Waals surface area contributed by atoms with Crippen molar-refractivity contribution < 1.29 is 23.9 Å². The highest BCUT2D eigenvalue weighted by Gasteiger charge is 2.44. The van der Waals surface area contributed by atoms with Gasteiger partial charge in [0.25, 0.3) is 0 Å². The van der Waals surface area contributed by atoms with Gasteiger partial charge in [-0.15, -0.1) is 0 Å². The zero-order valence-electron chi connectivity index (χ0n) is 20.1. The zero-order chi connectivity index (χ0) is 23.6. The molecule has 1 heterocycles. The Morgan fingerprint density at radius 1 is 1.10 bits per heavy atom. The van der Waals surface area contributed by atoms with Crippen LogP contribution in [0.1, 0.15) is 72.9 Å². The number of hydrogen-bond donors (Lipinski definition) is 0. The summed E-state index contributed by atoms with van der Waals surface area (Å²) >= 11 is 0. The van der Waals surface area contributed by atoms with Crippen LogP contribution in [0.5, 0.6) is 0 Å². The molecule has 1 aliphatic heterocycles. The van der Waals surface area contributed by atoms with E-state index in [0.717, 1.165) is 11.1 Å². The molecular formula is C24H36N2O5. The Morgan fingerprint density at radius 3 is 2.26 bits per heavy atom. The first-order valence-electron chi connectivity index (χ1n) is 10.7.